The van der Waals surface area contributed by atoms with Crippen LogP contribution in [0.25, 0.3) is 0 Å². The van der Waals surface area contributed by atoms with Crippen molar-refractivity contribution >= 4 is 0 Å². The van der Waals surface area contributed by atoms with Crippen LogP contribution in [0.4, 0.5) is 0 Å². The topological polar surface area (TPSA) is 21.7 Å². The van der Waals surface area contributed by atoms with Gasteiger partial charge in [-0.25, -0.2) is 0 Å². The summed E-state index contributed by atoms with van der Waals surface area (Å²) in [6.45, 7) is 6.77. The summed E-state index contributed by atoms with van der Waals surface area (Å²) in [5.74, 6) is 0. The molecule has 94 valence electrons. The van der Waals surface area contributed by atoms with Gasteiger partial charge in [-0.2, -0.15) is 0 Å². The molecule has 0 N–H and O–H groups in total. The highest BCUT2D eigenvalue weighted by Gasteiger charge is 2.16. The van der Waals surface area contributed by atoms with Gasteiger partial charge in [-0.1, -0.05) is 37.3 Å². The lowest BCUT2D eigenvalue weighted by Crippen LogP contribution is -2.27. The van der Waals surface area contributed by atoms with Crippen LogP contribution < -0.4 is 0 Å². The second-order valence-electron chi connectivity index (χ2n) is 4.31. The predicted octanol–water partition coefficient (Wildman–Crippen LogP) is 2.27. The van der Waals surface area contributed by atoms with Crippen LogP contribution in [-0.2, 0) is 16.0 Å². The van der Waals surface area contributed by atoms with Crippen molar-refractivity contribution in [1.82, 2.24) is 4.90 Å². The molecule has 0 unspecified atom stereocenters. The molecule has 2 rings (SSSR count). The van der Waals surface area contributed by atoms with Gasteiger partial charge >= 0.3 is 0 Å². The summed E-state index contributed by atoms with van der Waals surface area (Å²) >= 11 is 0. The maximum Gasteiger partial charge on any atom is 0.159 e. The van der Waals surface area contributed by atoms with Crippen LogP contribution >= 0.6 is 0 Å². The molecular formula is C14H21NO2. The van der Waals surface area contributed by atoms with Gasteiger partial charge in [0.05, 0.1) is 13.2 Å². The van der Waals surface area contributed by atoms with Crippen LogP contribution in [0.1, 0.15) is 18.9 Å². The van der Waals surface area contributed by atoms with E-state index in [1.807, 2.05) is 0 Å². The second kappa shape index (κ2) is 6.74. The average Bonchev–Trinajstić information content (AvgIpc) is 2.89. The summed E-state index contributed by atoms with van der Waals surface area (Å²) in [7, 11) is 0. The maximum absolute atomic E-state index is 5.45. The summed E-state index contributed by atoms with van der Waals surface area (Å²) in [6.07, 6.45) is 0.973. The minimum absolute atomic E-state index is 0.0137. The van der Waals surface area contributed by atoms with Gasteiger partial charge in [0, 0.05) is 19.5 Å². The standard InChI is InChI=1S/C14H21NO2/c1-2-15(9-8-14-16-10-11-17-14)12-13-6-4-3-5-7-13/h3-7,14H,2,8-12H2,1H3. The fourth-order valence-electron chi connectivity index (χ4n) is 2.05. The smallest absolute Gasteiger partial charge is 0.159 e. The van der Waals surface area contributed by atoms with Gasteiger partial charge in [0.2, 0.25) is 0 Å². The first-order valence-electron chi connectivity index (χ1n) is 6.38. The summed E-state index contributed by atoms with van der Waals surface area (Å²) in [5.41, 5.74) is 1.36. The number of benzene rings is 1. The van der Waals surface area contributed by atoms with Crippen molar-refractivity contribution < 1.29 is 9.47 Å². The number of nitrogens with zero attached hydrogens (tertiary/aromatic N) is 1. The van der Waals surface area contributed by atoms with Crippen molar-refractivity contribution in [2.75, 3.05) is 26.3 Å². The third-order valence-electron chi connectivity index (χ3n) is 3.07. The molecule has 3 nitrogen and oxygen atoms in total. The molecule has 1 heterocycles. The predicted molar refractivity (Wildman–Crippen MR) is 67.7 cm³/mol. The van der Waals surface area contributed by atoms with E-state index in [1.165, 1.54) is 5.56 Å². The first-order valence-corrected chi connectivity index (χ1v) is 6.38. The van der Waals surface area contributed by atoms with Crippen molar-refractivity contribution in [3.8, 4) is 0 Å². The normalized spacial score (nSPS) is 16.8. The highest BCUT2D eigenvalue weighted by atomic mass is 16.7. The molecule has 0 radical (unpaired) electrons. The zero-order valence-electron chi connectivity index (χ0n) is 10.5. The molecular weight excluding hydrogens is 214 g/mol. The Labute approximate surface area is 103 Å². The number of hydrogen-bond donors (Lipinski definition) is 0. The fourth-order valence-corrected chi connectivity index (χ4v) is 2.05. The summed E-state index contributed by atoms with van der Waals surface area (Å²) < 4.78 is 10.9. The van der Waals surface area contributed by atoms with Crippen LogP contribution in [0.3, 0.4) is 0 Å². The van der Waals surface area contributed by atoms with E-state index in [9.17, 15) is 0 Å². The lowest BCUT2D eigenvalue weighted by Gasteiger charge is -2.21. The zero-order chi connectivity index (χ0) is 11.9. The Bertz CT molecular complexity index is 309. The highest BCUT2D eigenvalue weighted by molar-refractivity contribution is 5.14. The van der Waals surface area contributed by atoms with E-state index in [4.69, 9.17) is 9.47 Å². The van der Waals surface area contributed by atoms with Crippen molar-refractivity contribution in [2.45, 2.75) is 26.2 Å². The van der Waals surface area contributed by atoms with Gasteiger partial charge in [-0.15, -0.1) is 0 Å². The van der Waals surface area contributed by atoms with Gasteiger partial charge in [0.1, 0.15) is 0 Å². The van der Waals surface area contributed by atoms with E-state index in [0.717, 1.165) is 39.3 Å². The Morgan fingerprint density at radius 2 is 1.88 bits per heavy atom. The summed E-state index contributed by atoms with van der Waals surface area (Å²) in [4.78, 5) is 2.42. The van der Waals surface area contributed by atoms with Crippen molar-refractivity contribution in [1.29, 1.82) is 0 Å². The van der Waals surface area contributed by atoms with Gasteiger partial charge in [-0.05, 0) is 12.1 Å². The minimum Gasteiger partial charge on any atom is -0.350 e. The van der Waals surface area contributed by atoms with Crippen LogP contribution in [0.15, 0.2) is 30.3 Å². The SMILES string of the molecule is CCN(CCC1OCCO1)Cc1ccccc1. The molecule has 0 bridgehead atoms. The second-order valence-corrected chi connectivity index (χ2v) is 4.31. The molecule has 1 aliphatic rings. The third kappa shape index (κ3) is 4.11. The number of ether oxygens (including phenoxy) is 2. The summed E-state index contributed by atoms with van der Waals surface area (Å²) in [6, 6.07) is 10.6. The average molecular weight is 235 g/mol. The van der Waals surface area contributed by atoms with Crippen molar-refractivity contribution in [3.63, 3.8) is 0 Å². The molecule has 0 atom stereocenters. The molecule has 0 aliphatic carbocycles. The maximum atomic E-state index is 5.45. The van der Waals surface area contributed by atoms with E-state index < -0.39 is 0 Å². The molecule has 0 spiro atoms. The quantitative estimate of drug-likeness (QED) is 0.755. The van der Waals surface area contributed by atoms with Crippen LogP contribution in [0.2, 0.25) is 0 Å². The van der Waals surface area contributed by atoms with Crippen molar-refractivity contribution in [2.24, 2.45) is 0 Å². The Balaban J connectivity index is 1.76. The van der Waals surface area contributed by atoms with Gasteiger partial charge in [-0.3, -0.25) is 4.90 Å². The molecule has 1 aromatic rings. The van der Waals surface area contributed by atoms with Crippen molar-refractivity contribution in [3.05, 3.63) is 35.9 Å². The Kier molecular flexibility index (Phi) is 4.98. The largest absolute Gasteiger partial charge is 0.350 e. The third-order valence-corrected chi connectivity index (χ3v) is 3.07. The summed E-state index contributed by atoms with van der Waals surface area (Å²) in [5, 5.41) is 0. The molecule has 0 saturated carbocycles. The van der Waals surface area contributed by atoms with E-state index in [2.05, 4.69) is 42.2 Å². The highest BCUT2D eigenvalue weighted by Crippen LogP contribution is 2.10. The van der Waals surface area contributed by atoms with E-state index in [-0.39, 0.29) is 6.29 Å². The number of rotatable bonds is 6. The van der Waals surface area contributed by atoms with Crippen LogP contribution in [0, 0.1) is 0 Å². The van der Waals surface area contributed by atoms with Gasteiger partial charge in [0.25, 0.3) is 0 Å². The van der Waals surface area contributed by atoms with Crippen LogP contribution in [0.5, 0.6) is 0 Å². The lowest BCUT2D eigenvalue weighted by molar-refractivity contribution is -0.0516. The van der Waals surface area contributed by atoms with E-state index >= 15 is 0 Å². The Hall–Kier alpha value is -0.900. The van der Waals surface area contributed by atoms with Gasteiger partial charge < -0.3 is 9.47 Å². The number of hydrogen-bond acceptors (Lipinski definition) is 3. The molecule has 3 heteroatoms. The molecule has 1 aliphatic heterocycles. The Morgan fingerprint density at radius 1 is 1.18 bits per heavy atom. The van der Waals surface area contributed by atoms with E-state index in [0.29, 0.717) is 0 Å². The molecule has 1 saturated heterocycles. The molecule has 17 heavy (non-hydrogen) atoms. The fraction of sp³-hybridized carbons (Fsp3) is 0.571. The Morgan fingerprint density at radius 3 is 2.53 bits per heavy atom. The monoisotopic (exact) mass is 235 g/mol. The molecule has 0 amide bonds. The van der Waals surface area contributed by atoms with E-state index in [1.54, 1.807) is 0 Å². The lowest BCUT2D eigenvalue weighted by atomic mass is 10.2. The minimum atomic E-state index is 0.0137. The van der Waals surface area contributed by atoms with Gasteiger partial charge in [0.15, 0.2) is 6.29 Å². The molecule has 1 fully saturated rings. The molecule has 1 aromatic carbocycles. The first-order chi connectivity index (χ1) is 8.38. The molecule has 0 aromatic heterocycles. The van der Waals surface area contributed by atoms with Crippen LogP contribution in [-0.4, -0.2) is 37.5 Å². The first kappa shape index (κ1) is 12.6. The zero-order valence-corrected chi connectivity index (χ0v) is 10.5.